The standard InChI is InChI=1S/C19H27BrFN3O4/c1-6-10(2)14(16(25)24-15(17(26)27)19(3,4)5)23-18(28)22-13-8-7-11(20)9-12(13)21/h7-10,14-15H,6H2,1-5H3,(H,24,25)(H,26,27)(H2,22,23,28). The minimum Gasteiger partial charge on any atom is -0.480 e. The second-order valence-corrected chi connectivity index (χ2v) is 8.65. The third-order valence-corrected chi connectivity index (χ3v) is 4.85. The zero-order valence-electron chi connectivity index (χ0n) is 16.6. The van der Waals surface area contributed by atoms with E-state index in [2.05, 4.69) is 31.9 Å². The third kappa shape index (κ3) is 6.78. The molecule has 0 radical (unpaired) electrons. The van der Waals surface area contributed by atoms with E-state index < -0.39 is 41.2 Å². The molecule has 1 aromatic rings. The molecule has 0 aliphatic rings. The summed E-state index contributed by atoms with van der Waals surface area (Å²) in [5, 5.41) is 16.8. The first-order chi connectivity index (χ1) is 12.9. The molecule has 0 saturated heterocycles. The van der Waals surface area contributed by atoms with Gasteiger partial charge in [0, 0.05) is 4.47 Å². The van der Waals surface area contributed by atoms with Gasteiger partial charge in [-0.05, 0) is 29.5 Å². The van der Waals surface area contributed by atoms with E-state index in [1.165, 1.54) is 12.1 Å². The van der Waals surface area contributed by atoms with Gasteiger partial charge in [0.25, 0.3) is 0 Å². The Balaban J connectivity index is 2.94. The van der Waals surface area contributed by atoms with Crippen LogP contribution in [0.1, 0.15) is 41.0 Å². The van der Waals surface area contributed by atoms with Crippen molar-refractivity contribution < 1.29 is 23.9 Å². The molecule has 0 bridgehead atoms. The summed E-state index contributed by atoms with van der Waals surface area (Å²) in [7, 11) is 0. The molecule has 0 saturated carbocycles. The smallest absolute Gasteiger partial charge is 0.326 e. The number of carbonyl (C=O) groups excluding carboxylic acids is 2. The number of halogens is 2. The van der Waals surface area contributed by atoms with E-state index in [4.69, 9.17) is 0 Å². The van der Waals surface area contributed by atoms with Crippen molar-refractivity contribution in [2.75, 3.05) is 5.32 Å². The lowest BCUT2D eigenvalue weighted by molar-refractivity contribution is -0.145. The Bertz CT molecular complexity index is 736. The van der Waals surface area contributed by atoms with Crippen LogP contribution in [0, 0.1) is 17.2 Å². The fourth-order valence-corrected chi connectivity index (χ4v) is 2.81. The van der Waals surface area contributed by atoms with Crippen molar-refractivity contribution in [2.45, 2.75) is 53.1 Å². The van der Waals surface area contributed by atoms with Crippen molar-refractivity contribution in [3.05, 3.63) is 28.5 Å². The quantitative estimate of drug-likeness (QED) is 0.497. The van der Waals surface area contributed by atoms with Crippen molar-refractivity contribution >= 4 is 39.5 Å². The molecule has 0 heterocycles. The monoisotopic (exact) mass is 459 g/mol. The Labute approximate surface area is 172 Å². The van der Waals surface area contributed by atoms with Crippen molar-refractivity contribution in [1.29, 1.82) is 0 Å². The highest BCUT2D eigenvalue weighted by molar-refractivity contribution is 9.10. The van der Waals surface area contributed by atoms with Crippen LogP contribution >= 0.6 is 15.9 Å². The van der Waals surface area contributed by atoms with Crippen molar-refractivity contribution in [1.82, 2.24) is 10.6 Å². The maximum Gasteiger partial charge on any atom is 0.326 e. The molecule has 1 aromatic carbocycles. The largest absolute Gasteiger partial charge is 0.480 e. The van der Waals surface area contributed by atoms with Crippen LogP contribution in [0.5, 0.6) is 0 Å². The average molecular weight is 460 g/mol. The van der Waals surface area contributed by atoms with E-state index >= 15 is 0 Å². The number of amides is 3. The predicted molar refractivity (Wildman–Crippen MR) is 109 cm³/mol. The Hall–Kier alpha value is -2.16. The summed E-state index contributed by atoms with van der Waals surface area (Å²) >= 11 is 3.13. The van der Waals surface area contributed by atoms with E-state index in [0.29, 0.717) is 10.9 Å². The molecule has 0 aliphatic heterocycles. The molecule has 4 N–H and O–H groups in total. The van der Waals surface area contributed by atoms with Crippen LogP contribution in [0.25, 0.3) is 0 Å². The molecular weight excluding hydrogens is 433 g/mol. The Kier molecular flexibility index (Phi) is 8.41. The maximum absolute atomic E-state index is 13.9. The Morgan fingerprint density at radius 2 is 1.82 bits per heavy atom. The van der Waals surface area contributed by atoms with Crippen LogP contribution in [0.15, 0.2) is 22.7 Å². The molecule has 28 heavy (non-hydrogen) atoms. The number of hydrogen-bond acceptors (Lipinski definition) is 3. The first kappa shape index (κ1) is 23.9. The second-order valence-electron chi connectivity index (χ2n) is 7.73. The van der Waals surface area contributed by atoms with E-state index in [-0.39, 0.29) is 11.6 Å². The molecular formula is C19H27BrFN3O4. The summed E-state index contributed by atoms with van der Waals surface area (Å²) in [5.74, 6) is -2.67. The summed E-state index contributed by atoms with van der Waals surface area (Å²) in [5.41, 5.74) is -0.758. The van der Waals surface area contributed by atoms with Gasteiger partial charge >= 0.3 is 12.0 Å². The van der Waals surface area contributed by atoms with Gasteiger partial charge in [0.2, 0.25) is 5.91 Å². The molecule has 7 nitrogen and oxygen atoms in total. The fraction of sp³-hybridized carbons (Fsp3) is 0.526. The molecule has 3 atom stereocenters. The highest BCUT2D eigenvalue weighted by Crippen LogP contribution is 2.21. The molecule has 0 spiro atoms. The van der Waals surface area contributed by atoms with Crippen LogP contribution in [0.3, 0.4) is 0 Å². The van der Waals surface area contributed by atoms with Gasteiger partial charge in [-0.25, -0.2) is 14.0 Å². The first-order valence-corrected chi connectivity index (χ1v) is 9.71. The average Bonchev–Trinajstić information content (AvgIpc) is 2.57. The van der Waals surface area contributed by atoms with Gasteiger partial charge in [-0.3, -0.25) is 4.79 Å². The maximum atomic E-state index is 13.9. The minimum atomic E-state index is -1.16. The van der Waals surface area contributed by atoms with Crippen molar-refractivity contribution in [3.63, 3.8) is 0 Å². The summed E-state index contributed by atoms with van der Waals surface area (Å²) in [6.45, 7) is 8.69. The zero-order valence-corrected chi connectivity index (χ0v) is 18.2. The fourth-order valence-electron chi connectivity index (χ4n) is 2.47. The SMILES string of the molecule is CCC(C)C(NC(=O)Nc1ccc(Br)cc1F)C(=O)NC(C(=O)O)C(C)(C)C. The molecule has 1 rings (SSSR count). The number of hydrogen-bond donors (Lipinski definition) is 4. The Morgan fingerprint density at radius 3 is 2.29 bits per heavy atom. The van der Waals surface area contributed by atoms with Crippen LogP contribution in [0.4, 0.5) is 14.9 Å². The van der Waals surface area contributed by atoms with E-state index in [1.807, 2.05) is 6.92 Å². The van der Waals surface area contributed by atoms with Crippen LogP contribution in [-0.2, 0) is 9.59 Å². The number of aliphatic carboxylic acids is 1. The van der Waals surface area contributed by atoms with Crippen LogP contribution < -0.4 is 16.0 Å². The molecule has 9 heteroatoms. The topological polar surface area (TPSA) is 108 Å². The highest BCUT2D eigenvalue weighted by Gasteiger charge is 2.36. The number of urea groups is 1. The number of rotatable bonds is 7. The Morgan fingerprint density at radius 1 is 1.21 bits per heavy atom. The number of nitrogens with one attached hydrogen (secondary N) is 3. The third-order valence-electron chi connectivity index (χ3n) is 4.36. The summed E-state index contributed by atoms with van der Waals surface area (Å²) in [6, 6.07) is 1.29. The summed E-state index contributed by atoms with van der Waals surface area (Å²) in [4.78, 5) is 36.5. The van der Waals surface area contributed by atoms with Gasteiger partial charge in [0.15, 0.2) is 0 Å². The molecule has 3 amide bonds. The summed E-state index contributed by atoms with van der Waals surface area (Å²) < 4.78 is 14.4. The van der Waals surface area contributed by atoms with Gasteiger partial charge in [-0.2, -0.15) is 0 Å². The number of carboxylic acids is 1. The lowest BCUT2D eigenvalue weighted by Crippen LogP contribution is -2.57. The van der Waals surface area contributed by atoms with Crippen LogP contribution in [0.2, 0.25) is 0 Å². The number of anilines is 1. The van der Waals surface area contributed by atoms with E-state index in [9.17, 15) is 23.9 Å². The van der Waals surface area contributed by atoms with Gasteiger partial charge in [-0.1, -0.05) is 57.0 Å². The lowest BCUT2D eigenvalue weighted by atomic mass is 9.86. The highest BCUT2D eigenvalue weighted by atomic mass is 79.9. The lowest BCUT2D eigenvalue weighted by Gasteiger charge is -2.31. The van der Waals surface area contributed by atoms with Gasteiger partial charge in [0.1, 0.15) is 17.9 Å². The number of carbonyl (C=O) groups is 3. The van der Waals surface area contributed by atoms with Crippen molar-refractivity contribution in [2.24, 2.45) is 11.3 Å². The van der Waals surface area contributed by atoms with Crippen LogP contribution in [-0.4, -0.2) is 35.1 Å². The normalized spacial score (nSPS) is 14.5. The molecule has 0 fully saturated rings. The molecule has 3 unspecified atom stereocenters. The molecule has 156 valence electrons. The number of carboxylic acid groups (broad SMARTS) is 1. The molecule has 0 aromatic heterocycles. The van der Waals surface area contributed by atoms with Crippen molar-refractivity contribution in [3.8, 4) is 0 Å². The van der Waals surface area contributed by atoms with Gasteiger partial charge in [0.05, 0.1) is 5.69 Å². The second kappa shape index (κ2) is 9.86. The van der Waals surface area contributed by atoms with E-state index in [1.54, 1.807) is 33.8 Å². The van der Waals surface area contributed by atoms with Gasteiger partial charge in [-0.15, -0.1) is 0 Å². The zero-order chi connectivity index (χ0) is 21.6. The molecule has 0 aliphatic carbocycles. The van der Waals surface area contributed by atoms with Gasteiger partial charge < -0.3 is 21.1 Å². The predicted octanol–water partition coefficient (Wildman–Crippen LogP) is 3.74. The van der Waals surface area contributed by atoms with E-state index in [0.717, 1.165) is 0 Å². The number of benzene rings is 1. The first-order valence-electron chi connectivity index (χ1n) is 8.92. The minimum absolute atomic E-state index is 0.0397. The summed E-state index contributed by atoms with van der Waals surface area (Å²) in [6.07, 6.45) is 0.568.